The van der Waals surface area contributed by atoms with E-state index in [9.17, 15) is 23.2 Å². The molecule has 1 atom stereocenters. The van der Waals surface area contributed by atoms with Crippen LogP contribution in [0.2, 0.25) is 0 Å². The van der Waals surface area contributed by atoms with Gasteiger partial charge in [0.05, 0.1) is 0 Å². The van der Waals surface area contributed by atoms with Crippen molar-refractivity contribution in [2.75, 3.05) is 13.1 Å². The summed E-state index contributed by atoms with van der Waals surface area (Å²) in [7, 11) is 0. The fraction of sp³-hybridized carbons (Fsp3) is 0.308. The Labute approximate surface area is 118 Å². The lowest BCUT2D eigenvalue weighted by Gasteiger charge is -2.32. The van der Waals surface area contributed by atoms with Crippen LogP contribution >= 0.6 is 0 Å². The molecule has 2 rings (SSSR count). The summed E-state index contributed by atoms with van der Waals surface area (Å²) < 4.78 is 27.7. The molecule has 1 aliphatic rings. The summed E-state index contributed by atoms with van der Waals surface area (Å²) in [5, 5.41) is 11.3. The van der Waals surface area contributed by atoms with E-state index < -0.39 is 47.6 Å². The molecule has 0 bridgehead atoms. The molecule has 0 aromatic heterocycles. The van der Waals surface area contributed by atoms with Crippen LogP contribution in [0.25, 0.3) is 0 Å². The zero-order chi connectivity index (χ0) is 15.7. The van der Waals surface area contributed by atoms with E-state index in [2.05, 4.69) is 5.32 Å². The Balaban J connectivity index is 2.44. The number of halogens is 2. The largest absolute Gasteiger partial charge is 0.480 e. The molecule has 1 aromatic rings. The Hall–Kier alpha value is -2.51. The van der Waals surface area contributed by atoms with Gasteiger partial charge < -0.3 is 15.3 Å². The third kappa shape index (κ3) is 2.69. The molecule has 6 nitrogen and oxygen atoms in total. The van der Waals surface area contributed by atoms with Crippen LogP contribution < -0.4 is 5.32 Å². The first-order valence-electron chi connectivity index (χ1n) is 6.08. The average molecular weight is 298 g/mol. The van der Waals surface area contributed by atoms with E-state index in [-0.39, 0.29) is 12.1 Å². The molecule has 1 heterocycles. The number of carbonyl (C=O) groups excluding carboxylic acids is 2. The Bertz CT molecular complexity index is 633. The number of piperazine rings is 1. The minimum atomic E-state index is -1.37. The highest BCUT2D eigenvalue weighted by Crippen LogP contribution is 2.20. The second-order valence-electron chi connectivity index (χ2n) is 4.64. The summed E-state index contributed by atoms with van der Waals surface area (Å²) in [6, 6.07) is 0.722. The summed E-state index contributed by atoms with van der Waals surface area (Å²) >= 11 is 0. The Morgan fingerprint density at radius 1 is 1.38 bits per heavy atom. The lowest BCUT2D eigenvalue weighted by molar-refractivity contribution is -0.144. The van der Waals surface area contributed by atoms with Gasteiger partial charge in [0.2, 0.25) is 5.91 Å². The fourth-order valence-corrected chi connectivity index (χ4v) is 2.07. The molecule has 2 amide bonds. The van der Waals surface area contributed by atoms with Crippen LogP contribution in [0.4, 0.5) is 8.78 Å². The van der Waals surface area contributed by atoms with Crippen molar-refractivity contribution in [1.82, 2.24) is 10.2 Å². The van der Waals surface area contributed by atoms with Crippen LogP contribution in [-0.4, -0.2) is 46.9 Å². The second kappa shape index (κ2) is 5.47. The maximum Gasteiger partial charge on any atom is 0.328 e. The highest BCUT2D eigenvalue weighted by Gasteiger charge is 2.37. The lowest BCUT2D eigenvalue weighted by atomic mass is 10.1. The molecule has 112 valence electrons. The number of aryl methyl sites for hydroxylation is 1. The van der Waals surface area contributed by atoms with E-state index in [1.165, 1.54) is 13.0 Å². The Kier molecular flexibility index (Phi) is 3.88. The van der Waals surface area contributed by atoms with Gasteiger partial charge in [-0.3, -0.25) is 9.59 Å². The Morgan fingerprint density at radius 3 is 2.67 bits per heavy atom. The number of benzene rings is 1. The van der Waals surface area contributed by atoms with Crippen molar-refractivity contribution < 1.29 is 28.3 Å². The molecule has 0 saturated carbocycles. The summed E-state index contributed by atoms with van der Waals surface area (Å²) in [6.07, 6.45) is 0. The molecule has 2 N–H and O–H groups in total. The molecule has 21 heavy (non-hydrogen) atoms. The van der Waals surface area contributed by atoms with E-state index in [1.54, 1.807) is 0 Å². The minimum Gasteiger partial charge on any atom is -0.480 e. The second-order valence-corrected chi connectivity index (χ2v) is 4.64. The van der Waals surface area contributed by atoms with Crippen molar-refractivity contribution in [1.29, 1.82) is 0 Å². The van der Waals surface area contributed by atoms with Gasteiger partial charge in [-0.05, 0) is 18.6 Å². The average Bonchev–Trinajstić information content (AvgIpc) is 2.42. The van der Waals surface area contributed by atoms with Gasteiger partial charge in [-0.15, -0.1) is 0 Å². The first-order chi connectivity index (χ1) is 9.82. The normalized spacial score (nSPS) is 18.3. The number of carbonyl (C=O) groups is 3. The van der Waals surface area contributed by atoms with E-state index in [0.29, 0.717) is 4.90 Å². The van der Waals surface area contributed by atoms with Gasteiger partial charge >= 0.3 is 5.97 Å². The van der Waals surface area contributed by atoms with Crippen molar-refractivity contribution in [3.05, 3.63) is 34.9 Å². The van der Waals surface area contributed by atoms with Gasteiger partial charge in [0.15, 0.2) is 0 Å². The van der Waals surface area contributed by atoms with Crippen LogP contribution in [0.1, 0.15) is 15.9 Å². The number of rotatable bonds is 2. The molecule has 1 aromatic carbocycles. The topological polar surface area (TPSA) is 86.7 Å². The predicted octanol–water partition coefficient (Wildman–Crippen LogP) is 0.298. The van der Waals surface area contributed by atoms with Crippen molar-refractivity contribution in [2.24, 2.45) is 0 Å². The number of carboxylic acids is 1. The number of hydrogen-bond donors (Lipinski definition) is 2. The van der Waals surface area contributed by atoms with Gasteiger partial charge in [0, 0.05) is 6.54 Å². The van der Waals surface area contributed by atoms with Crippen molar-refractivity contribution in [3.63, 3.8) is 0 Å². The molecule has 1 saturated heterocycles. The minimum absolute atomic E-state index is 0.0492. The van der Waals surface area contributed by atoms with E-state index in [1.807, 2.05) is 0 Å². The fourth-order valence-electron chi connectivity index (χ4n) is 2.07. The van der Waals surface area contributed by atoms with Gasteiger partial charge in [0.1, 0.15) is 29.8 Å². The third-order valence-electron chi connectivity index (χ3n) is 3.23. The number of carboxylic acid groups (broad SMARTS) is 1. The highest BCUT2D eigenvalue weighted by molar-refractivity contribution is 6.00. The molecule has 1 unspecified atom stereocenters. The van der Waals surface area contributed by atoms with Gasteiger partial charge in [0.25, 0.3) is 5.91 Å². The SMILES string of the molecule is Cc1ccc(F)c(C(=O)N2CC(=O)NCC2C(=O)O)c1F. The maximum absolute atomic E-state index is 14.0. The molecule has 1 fully saturated rings. The van der Waals surface area contributed by atoms with Crippen LogP contribution in [0, 0.1) is 18.6 Å². The van der Waals surface area contributed by atoms with Gasteiger partial charge in [-0.2, -0.15) is 0 Å². The van der Waals surface area contributed by atoms with Gasteiger partial charge in [-0.1, -0.05) is 6.07 Å². The van der Waals surface area contributed by atoms with Crippen LogP contribution in [0.15, 0.2) is 12.1 Å². The zero-order valence-corrected chi connectivity index (χ0v) is 11.0. The quantitative estimate of drug-likeness (QED) is 0.822. The molecular weight excluding hydrogens is 286 g/mol. The van der Waals surface area contributed by atoms with Crippen molar-refractivity contribution in [3.8, 4) is 0 Å². The number of hydrogen-bond acceptors (Lipinski definition) is 3. The standard InChI is InChI=1S/C13H12F2N2O4/c1-6-2-3-7(14)10(11(6)15)12(19)17-5-9(18)16-4-8(17)13(20)21/h2-3,8H,4-5H2,1H3,(H,16,18)(H,20,21). The third-order valence-corrected chi connectivity index (χ3v) is 3.23. The number of aliphatic carboxylic acids is 1. The number of nitrogens with zero attached hydrogens (tertiary/aromatic N) is 1. The van der Waals surface area contributed by atoms with Crippen molar-refractivity contribution in [2.45, 2.75) is 13.0 Å². The first-order valence-corrected chi connectivity index (χ1v) is 6.08. The van der Waals surface area contributed by atoms with Crippen LogP contribution in [-0.2, 0) is 9.59 Å². The number of nitrogens with one attached hydrogen (secondary N) is 1. The van der Waals surface area contributed by atoms with Crippen LogP contribution in [0.3, 0.4) is 0 Å². The lowest BCUT2D eigenvalue weighted by Crippen LogP contribution is -2.59. The van der Waals surface area contributed by atoms with Crippen molar-refractivity contribution >= 4 is 17.8 Å². The molecular formula is C13H12F2N2O4. The van der Waals surface area contributed by atoms with Gasteiger partial charge in [-0.25, -0.2) is 13.6 Å². The first kappa shape index (κ1) is 14.9. The summed E-state index contributed by atoms with van der Waals surface area (Å²) in [5.41, 5.74) is -0.802. The van der Waals surface area contributed by atoms with Crippen LogP contribution in [0.5, 0.6) is 0 Å². The maximum atomic E-state index is 14.0. The zero-order valence-electron chi connectivity index (χ0n) is 11.0. The van der Waals surface area contributed by atoms with E-state index in [0.717, 1.165) is 6.07 Å². The monoisotopic (exact) mass is 298 g/mol. The number of amides is 2. The predicted molar refractivity (Wildman–Crippen MR) is 66.6 cm³/mol. The summed E-state index contributed by atoms with van der Waals surface area (Å²) in [4.78, 5) is 35.4. The highest BCUT2D eigenvalue weighted by atomic mass is 19.1. The summed E-state index contributed by atoms with van der Waals surface area (Å²) in [5.74, 6) is -5.27. The molecule has 0 aliphatic carbocycles. The smallest absolute Gasteiger partial charge is 0.328 e. The van der Waals surface area contributed by atoms with E-state index >= 15 is 0 Å². The molecule has 1 aliphatic heterocycles. The van der Waals surface area contributed by atoms with E-state index in [4.69, 9.17) is 5.11 Å². The Morgan fingerprint density at radius 2 is 2.05 bits per heavy atom. The molecule has 0 radical (unpaired) electrons. The molecule has 0 spiro atoms. The summed E-state index contributed by atoms with van der Waals surface area (Å²) in [6.45, 7) is 0.473. The molecule has 8 heteroatoms.